The van der Waals surface area contributed by atoms with Crippen LogP contribution in [0.5, 0.6) is 0 Å². The second-order valence-electron chi connectivity index (χ2n) is 21.3. The summed E-state index contributed by atoms with van der Waals surface area (Å²) in [7, 11) is 0. The number of aliphatic carboxylic acids is 2. The minimum absolute atomic E-state index is 0.0871. The molecular weight excluding hydrogens is 1020 g/mol. The lowest BCUT2D eigenvalue weighted by atomic mass is 9.87. The molecule has 0 spiro atoms. The number of hydrogen-bond acceptors (Lipinski definition) is 8. The van der Waals surface area contributed by atoms with E-state index in [1.165, 1.54) is 24.3 Å². The fourth-order valence-electron chi connectivity index (χ4n) is 11.1. The van der Waals surface area contributed by atoms with Gasteiger partial charge in [-0.3, -0.25) is 19.2 Å². The summed E-state index contributed by atoms with van der Waals surface area (Å²) in [5.41, 5.74) is 8.64. The SMILES string of the molecule is CC(C)c1c(C(=O)Nc2ccccc2)c(/C2=C/CCCC/C(c3c(C(=O)Nc4ccccc4)c(C(C)C)n(CC[C@@H](O)C[C@@H](O)CC(=O)O)c3-c3ccc(F)cc3)=C\CC2)c(-c2ccc(F)cc2)n1CC[C@@H](O)C[C@@H](O)CC(=O)O. The highest BCUT2D eigenvalue weighted by molar-refractivity contribution is 6.12. The maximum Gasteiger partial charge on any atom is 0.305 e. The zero-order valence-corrected chi connectivity index (χ0v) is 45.9. The number of nitrogens with zero attached hydrogens (tertiary/aromatic N) is 2. The summed E-state index contributed by atoms with van der Waals surface area (Å²) in [6.07, 6.45) is 1.46. The van der Waals surface area contributed by atoms with Crippen LogP contribution in [0.3, 0.4) is 0 Å². The van der Waals surface area contributed by atoms with Gasteiger partial charge >= 0.3 is 11.9 Å². The highest BCUT2D eigenvalue weighted by Gasteiger charge is 2.34. The number of nitrogens with one attached hydrogen (secondary N) is 2. The lowest BCUT2D eigenvalue weighted by molar-refractivity contribution is -0.140. The first-order valence-corrected chi connectivity index (χ1v) is 27.6. The van der Waals surface area contributed by atoms with Crippen LogP contribution in [0.4, 0.5) is 20.2 Å². The first-order chi connectivity index (χ1) is 38.3. The Kier molecular flexibility index (Phi) is 21.1. The number of benzene rings is 4. The number of halogens is 2. The summed E-state index contributed by atoms with van der Waals surface area (Å²) in [4.78, 5) is 53.2. The van der Waals surface area contributed by atoms with Crippen molar-refractivity contribution in [3.05, 3.63) is 167 Å². The molecular formula is C64H74F2N4O10. The zero-order chi connectivity index (χ0) is 57.6. The van der Waals surface area contributed by atoms with Crippen LogP contribution < -0.4 is 10.6 Å². The Morgan fingerprint density at radius 1 is 0.512 bits per heavy atom. The first kappa shape index (κ1) is 60.1. The molecule has 1 aliphatic carbocycles. The molecule has 0 saturated carbocycles. The summed E-state index contributed by atoms with van der Waals surface area (Å²) in [6, 6.07) is 30.2. The van der Waals surface area contributed by atoms with Gasteiger partial charge in [-0.05, 0) is 171 Å². The van der Waals surface area contributed by atoms with E-state index in [1.807, 2.05) is 73.2 Å². The van der Waals surface area contributed by atoms with E-state index in [1.54, 1.807) is 48.5 Å². The van der Waals surface area contributed by atoms with E-state index in [0.717, 1.165) is 11.1 Å². The van der Waals surface area contributed by atoms with Crippen LogP contribution in [0, 0.1) is 11.6 Å². The van der Waals surface area contributed by atoms with E-state index < -0.39 is 60.8 Å². The largest absolute Gasteiger partial charge is 0.481 e. The number of carbonyl (C=O) groups excluding carboxylic acids is 2. The number of hydrogen-bond donors (Lipinski definition) is 8. The molecule has 0 aliphatic heterocycles. The Bertz CT molecular complexity index is 3150. The Balaban J connectivity index is 1.42. The van der Waals surface area contributed by atoms with Crippen LogP contribution in [-0.2, 0) is 22.7 Å². The molecule has 0 saturated heterocycles. The highest BCUT2D eigenvalue weighted by Crippen LogP contribution is 2.45. The van der Waals surface area contributed by atoms with Crippen molar-refractivity contribution < 1.29 is 58.6 Å². The topological polar surface area (TPSA) is 224 Å². The minimum Gasteiger partial charge on any atom is -0.481 e. The molecule has 4 atom stereocenters. The Labute approximate surface area is 466 Å². The summed E-state index contributed by atoms with van der Waals surface area (Å²) in [6.45, 7) is 8.19. The lowest BCUT2D eigenvalue weighted by Crippen LogP contribution is -2.22. The van der Waals surface area contributed by atoms with Crippen molar-refractivity contribution >= 4 is 46.3 Å². The number of anilines is 2. The van der Waals surface area contributed by atoms with Crippen LogP contribution >= 0.6 is 0 Å². The van der Waals surface area contributed by atoms with Gasteiger partial charge in [-0.2, -0.15) is 0 Å². The summed E-state index contributed by atoms with van der Waals surface area (Å²) >= 11 is 0. The number of aliphatic hydroxyl groups excluding tert-OH is 4. The van der Waals surface area contributed by atoms with E-state index >= 15 is 9.59 Å². The van der Waals surface area contributed by atoms with E-state index in [2.05, 4.69) is 22.8 Å². The summed E-state index contributed by atoms with van der Waals surface area (Å²) in [5.74, 6) is -4.63. The molecule has 4 aromatic carbocycles. The van der Waals surface area contributed by atoms with Crippen LogP contribution in [-0.4, -0.2) is 87.9 Å². The van der Waals surface area contributed by atoms with Crippen molar-refractivity contribution in [1.29, 1.82) is 0 Å². The molecule has 0 radical (unpaired) electrons. The smallest absolute Gasteiger partial charge is 0.305 e. The van der Waals surface area contributed by atoms with Gasteiger partial charge < -0.3 is 50.4 Å². The van der Waals surface area contributed by atoms with E-state index in [4.69, 9.17) is 0 Å². The third-order valence-electron chi connectivity index (χ3n) is 14.5. The molecule has 6 aromatic rings. The van der Waals surface area contributed by atoms with Gasteiger partial charge in [0.1, 0.15) is 11.6 Å². The number of aromatic nitrogens is 2. The monoisotopic (exact) mass is 1100 g/mol. The Morgan fingerprint density at radius 2 is 0.900 bits per heavy atom. The number of carboxylic acids is 2. The number of allylic oxidation sites excluding steroid dienone is 4. The number of rotatable bonds is 24. The first-order valence-electron chi connectivity index (χ1n) is 27.6. The van der Waals surface area contributed by atoms with Gasteiger partial charge in [0.05, 0.1) is 59.8 Å². The van der Waals surface area contributed by atoms with Crippen molar-refractivity contribution in [2.24, 2.45) is 0 Å². The molecule has 0 unspecified atom stereocenters. The van der Waals surface area contributed by atoms with Crippen molar-refractivity contribution in [3.8, 4) is 22.5 Å². The van der Waals surface area contributed by atoms with Gasteiger partial charge in [-0.1, -0.05) is 76.2 Å². The Hall–Kier alpha value is -7.50. The average molecular weight is 1100 g/mol. The summed E-state index contributed by atoms with van der Waals surface area (Å²) < 4.78 is 33.7. The number of aliphatic hydroxyl groups is 4. The molecule has 424 valence electrons. The quantitative estimate of drug-likeness (QED) is 0.0286. The summed E-state index contributed by atoms with van der Waals surface area (Å²) in [5, 5.41) is 68.5. The highest BCUT2D eigenvalue weighted by atomic mass is 19.1. The van der Waals surface area contributed by atoms with Crippen molar-refractivity contribution in [2.75, 3.05) is 10.6 Å². The fraction of sp³-hybridized carbons (Fsp3) is 0.375. The van der Waals surface area contributed by atoms with Gasteiger partial charge in [0.25, 0.3) is 11.8 Å². The predicted octanol–water partition coefficient (Wildman–Crippen LogP) is 12.4. The van der Waals surface area contributed by atoms with E-state index in [9.17, 15) is 49.0 Å². The van der Waals surface area contributed by atoms with Gasteiger partial charge in [0, 0.05) is 47.0 Å². The van der Waals surface area contributed by atoms with Crippen LogP contribution in [0.15, 0.2) is 121 Å². The molecule has 7 rings (SSSR count). The maximum atomic E-state index is 15.2. The van der Waals surface area contributed by atoms with Crippen LogP contribution in [0.1, 0.15) is 160 Å². The number of carboxylic acid groups (broad SMARTS) is 2. The predicted molar refractivity (Wildman–Crippen MR) is 307 cm³/mol. The second kappa shape index (κ2) is 28.1. The second-order valence-corrected chi connectivity index (χ2v) is 21.3. The normalized spacial score (nSPS) is 16.0. The van der Waals surface area contributed by atoms with Crippen LogP contribution in [0.25, 0.3) is 33.7 Å². The molecule has 1 aliphatic rings. The molecule has 0 bridgehead atoms. The van der Waals surface area contributed by atoms with Crippen molar-refractivity contribution in [2.45, 2.75) is 154 Å². The molecule has 2 amide bonds. The third-order valence-corrected chi connectivity index (χ3v) is 14.5. The molecule has 2 aromatic heterocycles. The molecule has 80 heavy (non-hydrogen) atoms. The van der Waals surface area contributed by atoms with E-state index in [0.29, 0.717) is 106 Å². The van der Waals surface area contributed by atoms with Crippen molar-refractivity contribution in [3.63, 3.8) is 0 Å². The molecule has 14 nitrogen and oxygen atoms in total. The standard InChI is InChI=1S/C64H74F2N4O10/c1-39(2)59-57(63(79)67-47-19-10-6-11-20-47)55(61(43-23-27-45(65)28-24-43)69(59)33-31-49(71)35-51(73)37-53(75)76)41-15-8-5-9-16-42(18-14-17-41)56-58(64(80)68-48-21-12-7-13-22-48)60(40(3)4)70(62(56)44-25-29-46(66)30-26-44)34-32-50(72)36-52(74)38-54(77)78/h6-7,10-13,15,18-30,39-40,49-52,71-74H,5,8-9,14,16-17,31-38H2,1-4H3,(H,67,79)(H,68,80)(H,75,76)(H,77,78)/b41-15+,42-18+/t49-,50-,51-,52-/m1/s1. The third kappa shape index (κ3) is 15.4. The average Bonchev–Trinajstić information content (AvgIpc) is 4.11. The van der Waals surface area contributed by atoms with Gasteiger partial charge in [0.2, 0.25) is 0 Å². The van der Waals surface area contributed by atoms with Crippen molar-refractivity contribution in [1.82, 2.24) is 9.13 Å². The number of amides is 2. The molecule has 2 heterocycles. The fourth-order valence-corrected chi connectivity index (χ4v) is 11.1. The zero-order valence-electron chi connectivity index (χ0n) is 45.9. The maximum absolute atomic E-state index is 15.2. The van der Waals surface area contributed by atoms with E-state index in [-0.39, 0.29) is 62.4 Å². The molecule has 16 heteroatoms. The number of carbonyl (C=O) groups is 4. The van der Waals surface area contributed by atoms with Gasteiger partial charge in [0.15, 0.2) is 0 Å². The molecule has 8 N–H and O–H groups in total. The lowest BCUT2D eigenvalue weighted by Gasteiger charge is -2.20. The van der Waals surface area contributed by atoms with Crippen LogP contribution in [0.2, 0.25) is 0 Å². The van der Waals surface area contributed by atoms with Gasteiger partial charge in [-0.25, -0.2) is 8.78 Å². The van der Waals surface area contributed by atoms with Gasteiger partial charge in [-0.15, -0.1) is 0 Å². The number of para-hydroxylation sites is 2. The Morgan fingerprint density at radius 3 is 1.29 bits per heavy atom. The minimum atomic E-state index is -1.29. The molecule has 0 fully saturated rings.